The second kappa shape index (κ2) is 4.68. The molecule has 1 atom stereocenters. The SMILES string of the molecule is CNC(C=O)Cc1c[nH]c2cc(Cl)ccc12. The number of rotatable bonds is 4. The minimum Gasteiger partial charge on any atom is -0.361 e. The van der Waals surface area contributed by atoms with Crippen LogP contribution in [0.3, 0.4) is 0 Å². The van der Waals surface area contributed by atoms with Gasteiger partial charge in [0.15, 0.2) is 0 Å². The van der Waals surface area contributed by atoms with E-state index in [2.05, 4.69) is 10.3 Å². The number of likely N-dealkylation sites (N-methyl/N-ethyl adjacent to an activating group) is 1. The van der Waals surface area contributed by atoms with Crippen molar-refractivity contribution < 1.29 is 4.79 Å². The molecule has 2 aromatic rings. The van der Waals surface area contributed by atoms with E-state index in [4.69, 9.17) is 11.6 Å². The molecule has 0 bridgehead atoms. The molecule has 0 saturated heterocycles. The first-order valence-corrected chi connectivity index (χ1v) is 5.50. The minimum absolute atomic E-state index is 0.144. The maximum absolute atomic E-state index is 10.8. The number of carbonyl (C=O) groups excluding carboxylic acids is 1. The molecule has 3 nitrogen and oxygen atoms in total. The van der Waals surface area contributed by atoms with Crippen molar-refractivity contribution in [3.63, 3.8) is 0 Å². The first-order chi connectivity index (χ1) is 7.74. The highest BCUT2D eigenvalue weighted by Crippen LogP contribution is 2.22. The first-order valence-electron chi connectivity index (χ1n) is 5.12. The summed E-state index contributed by atoms with van der Waals surface area (Å²) in [6, 6.07) is 5.57. The van der Waals surface area contributed by atoms with Crippen molar-refractivity contribution in [3.8, 4) is 0 Å². The topological polar surface area (TPSA) is 44.9 Å². The van der Waals surface area contributed by atoms with Crippen LogP contribution >= 0.6 is 11.6 Å². The van der Waals surface area contributed by atoms with Crippen LogP contribution in [0.15, 0.2) is 24.4 Å². The highest BCUT2D eigenvalue weighted by molar-refractivity contribution is 6.31. The van der Waals surface area contributed by atoms with Crippen LogP contribution in [-0.2, 0) is 11.2 Å². The zero-order valence-corrected chi connectivity index (χ0v) is 9.71. The number of carbonyl (C=O) groups is 1. The molecule has 0 spiro atoms. The monoisotopic (exact) mass is 236 g/mol. The van der Waals surface area contributed by atoms with E-state index in [1.165, 1.54) is 0 Å². The van der Waals surface area contributed by atoms with E-state index in [1.807, 2.05) is 24.4 Å². The van der Waals surface area contributed by atoms with Crippen LogP contribution in [0.1, 0.15) is 5.56 Å². The number of benzene rings is 1. The quantitative estimate of drug-likeness (QED) is 0.799. The summed E-state index contributed by atoms with van der Waals surface area (Å²) in [6.45, 7) is 0. The van der Waals surface area contributed by atoms with Gasteiger partial charge in [0.1, 0.15) is 6.29 Å². The Morgan fingerprint density at radius 2 is 2.38 bits per heavy atom. The van der Waals surface area contributed by atoms with Gasteiger partial charge in [-0.25, -0.2) is 0 Å². The summed E-state index contributed by atoms with van der Waals surface area (Å²) in [5, 5.41) is 4.78. The third-order valence-electron chi connectivity index (χ3n) is 2.70. The number of hydrogen-bond donors (Lipinski definition) is 2. The predicted octanol–water partition coefficient (Wildman–Crippen LogP) is 2.15. The van der Waals surface area contributed by atoms with Gasteiger partial charge < -0.3 is 15.1 Å². The minimum atomic E-state index is -0.144. The number of fused-ring (bicyclic) bond motifs is 1. The number of aromatic nitrogens is 1. The van der Waals surface area contributed by atoms with Crippen LogP contribution in [0, 0.1) is 0 Å². The lowest BCUT2D eigenvalue weighted by atomic mass is 10.1. The fraction of sp³-hybridized carbons (Fsp3) is 0.250. The lowest BCUT2D eigenvalue weighted by Crippen LogP contribution is -2.28. The molecule has 0 fully saturated rings. The molecule has 0 aliphatic carbocycles. The normalized spacial score (nSPS) is 12.9. The largest absolute Gasteiger partial charge is 0.361 e. The Labute approximate surface area is 98.8 Å². The highest BCUT2D eigenvalue weighted by Gasteiger charge is 2.09. The maximum atomic E-state index is 10.8. The molecule has 1 heterocycles. The first kappa shape index (κ1) is 11.2. The third kappa shape index (κ3) is 2.10. The van der Waals surface area contributed by atoms with Gasteiger partial charge >= 0.3 is 0 Å². The van der Waals surface area contributed by atoms with Crippen molar-refractivity contribution in [3.05, 3.63) is 35.0 Å². The van der Waals surface area contributed by atoms with Gasteiger partial charge in [-0.3, -0.25) is 0 Å². The van der Waals surface area contributed by atoms with Crippen molar-refractivity contribution in [1.29, 1.82) is 0 Å². The molecule has 0 radical (unpaired) electrons. The van der Waals surface area contributed by atoms with E-state index in [-0.39, 0.29) is 6.04 Å². The van der Waals surface area contributed by atoms with E-state index in [0.717, 1.165) is 22.8 Å². The van der Waals surface area contributed by atoms with E-state index in [1.54, 1.807) is 7.05 Å². The highest BCUT2D eigenvalue weighted by atomic mass is 35.5. The lowest BCUT2D eigenvalue weighted by molar-refractivity contribution is -0.109. The Morgan fingerprint density at radius 1 is 1.56 bits per heavy atom. The molecule has 16 heavy (non-hydrogen) atoms. The van der Waals surface area contributed by atoms with Gasteiger partial charge in [-0.05, 0) is 31.2 Å². The summed E-state index contributed by atoms with van der Waals surface area (Å²) in [6.07, 6.45) is 3.53. The molecule has 2 rings (SSSR count). The molecule has 1 aromatic carbocycles. The predicted molar refractivity (Wildman–Crippen MR) is 65.9 cm³/mol. The van der Waals surface area contributed by atoms with Crippen LogP contribution in [0.4, 0.5) is 0 Å². The van der Waals surface area contributed by atoms with Crippen LogP contribution < -0.4 is 5.32 Å². The van der Waals surface area contributed by atoms with Crippen molar-refractivity contribution >= 4 is 28.8 Å². The lowest BCUT2D eigenvalue weighted by Gasteiger charge is -2.07. The van der Waals surface area contributed by atoms with Gasteiger partial charge in [0, 0.05) is 22.1 Å². The van der Waals surface area contributed by atoms with E-state index in [9.17, 15) is 4.79 Å². The van der Waals surface area contributed by atoms with Gasteiger partial charge in [-0.15, -0.1) is 0 Å². The summed E-state index contributed by atoms with van der Waals surface area (Å²) < 4.78 is 0. The van der Waals surface area contributed by atoms with Crippen LogP contribution in [0.5, 0.6) is 0 Å². The van der Waals surface area contributed by atoms with E-state index < -0.39 is 0 Å². The zero-order valence-electron chi connectivity index (χ0n) is 8.96. The van der Waals surface area contributed by atoms with Crippen molar-refractivity contribution in [1.82, 2.24) is 10.3 Å². The van der Waals surface area contributed by atoms with Gasteiger partial charge in [0.05, 0.1) is 6.04 Å². The molecule has 1 aromatic heterocycles. The second-order valence-corrected chi connectivity index (χ2v) is 4.18. The molecular formula is C12H13ClN2O. The Bertz CT molecular complexity index is 507. The van der Waals surface area contributed by atoms with Crippen molar-refractivity contribution in [2.75, 3.05) is 7.05 Å². The smallest absolute Gasteiger partial charge is 0.137 e. The van der Waals surface area contributed by atoms with Crippen molar-refractivity contribution in [2.45, 2.75) is 12.5 Å². The number of halogens is 1. The van der Waals surface area contributed by atoms with Crippen LogP contribution in [0.25, 0.3) is 10.9 Å². The summed E-state index contributed by atoms with van der Waals surface area (Å²) in [4.78, 5) is 13.9. The Balaban J connectivity index is 2.34. The van der Waals surface area contributed by atoms with Crippen LogP contribution in [-0.4, -0.2) is 24.4 Å². The molecule has 1 unspecified atom stereocenters. The van der Waals surface area contributed by atoms with Gasteiger partial charge in [0.25, 0.3) is 0 Å². The molecular weight excluding hydrogens is 224 g/mol. The standard InChI is InChI=1S/C12H13ClN2O/c1-14-10(7-16)4-8-6-15-12-5-9(13)2-3-11(8)12/h2-3,5-7,10,14-15H,4H2,1H3. The number of hydrogen-bond acceptors (Lipinski definition) is 2. The average molecular weight is 237 g/mol. The average Bonchev–Trinajstić information content (AvgIpc) is 2.68. The number of nitrogens with one attached hydrogen (secondary N) is 2. The summed E-state index contributed by atoms with van der Waals surface area (Å²) in [5.41, 5.74) is 2.13. The molecule has 4 heteroatoms. The summed E-state index contributed by atoms with van der Waals surface area (Å²) in [5.74, 6) is 0. The molecule has 0 saturated carbocycles. The zero-order chi connectivity index (χ0) is 11.5. The van der Waals surface area contributed by atoms with Gasteiger partial charge in [-0.1, -0.05) is 17.7 Å². The summed E-state index contributed by atoms with van der Waals surface area (Å²) >= 11 is 5.90. The van der Waals surface area contributed by atoms with E-state index in [0.29, 0.717) is 11.4 Å². The van der Waals surface area contributed by atoms with Gasteiger partial charge in [0.2, 0.25) is 0 Å². The maximum Gasteiger partial charge on any atom is 0.137 e. The Hall–Kier alpha value is -1.32. The van der Waals surface area contributed by atoms with Crippen LogP contribution in [0.2, 0.25) is 5.02 Å². The molecule has 0 amide bonds. The van der Waals surface area contributed by atoms with Crippen molar-refractivity contribution in [2.24, 2.45) is 0 Å². The number of H-pyrrole nitrogens is 1. The third-order valence-corrected chi connectivity index (χ3v) is 2.94. The van der Waals surface area contributed by atoms with Gasteiger partial charge in [-0.2, -0.15) is 0 Å². The molecule has 2 N–H and O–H groups in total. The second-order valence-electron chi connectivity index (χ2n) is 3.74. The summed E-state index contributed by atoms with van der Waals surface area (Å²) in [7, 11) is 1.78. The Kier molecular flexibility index (Phi) is 3.27. The fourth-order valence-corrected chi connectivity index (χ4v) is 1.95. The number of aromatic amines is 1. The number of aldehydes is 1. The van der Waals surface area contributed by atoms with E-state index >= 15 is 0 Å². The molecule has 0 aliphatic rings. The molecule has 0 aliphatic heterocycles. The molecule has 84 valence electrons. The Morgan fingerprint density at radius 3 is 3.06 bits per heavy atom. The fourth-order valence-electron chi connectivity index (χ4n) is 1.78.